The lowest BCUT2D eigenvalue weighted by Crippen LogP contribution is -2.00. The van der Waals surface area contributed by atoms with E-state index in [1.165, 1.54) is 11.8 Å². The van der Waals surface area contributed by atoms with Gasteiger partial charge in [-0.3, -0.25) is 0 Å². The molecule has 24 heavy (non-hydrogen) atoms. The maximum Gasteiger partial charge on any atom is 0.237 e. The van der Waals surface area contributed by atoms with Crippen LogP contribution in [0.4, 0.5) is 0 Å². The first-order chi connectivity index (χ1) is 11.7. The highest BCUT2D eigenvalue weighted by atomic mass is 32.2. The first kappa shape index (κ1) is 16.3. The maximum absolute atomic E-state index is 5.32. The summed E-state index contributed by atoms with van der Waals surface area (Å²) >= 11 is 1.50. The van der Waals surface area contributed by atoms with E-state index in [1.54, 1.807) is 7.11 Å². The molecule has 0 radical (unpaired) electrons. The number of aromatic nitrogens is 5. The van der Waals surface area contributed by atoms with Gasteiger partial charge in [0.15, 0.2) is 5.16 Å². The van der Waals surface area contributed by atoms with Crippen LogP contribution in [-0.4, -0.2) is 32.0 Å². The highest BCUT2D eigenvalue weighted by Crippen LogP contribution is 2.24. The monoisotopic (exact) mass is 343 g/mol. The molecule has 0 aliphatic carbocycles. The van der Waals surface area contributed by atoms with Crippen LogP contribution >= 0.6 is 11.8 Å². The molecule has 0 aliphatic rings. The summed E-state index contributed by atoms with van der Waals surface area (Å²) in [6.07, 6.45) is 1.81. The van der Waals surface area contributed by atoms with Crippen molar-refractivity contribution >= 4 is 11.8 Å². The second kappa shape index (κ2) is 7.31. The van der Waals surface area contributed by atoms with E-state index in [4.69, 9.17) is 9.26 Å². The Morgan fingerprint density at radius 2 is 2.25 bits per heavy atom. The fourth-order valence-electron chi connectivity index (χ4n) is 2.13. The Morgan fingerprint density at radius 3 is 3.04 bits per heavy atom. The first-order valence-corrected chi connectivity index (χ1v) is 8.30. The molecule has 0 saturated carbocycles. The first-order valence-electron chi connectivity index (χ1n) is 7.31. The molecule has 0 fully saturated rings. The molecule has 1 aromatic carbocycles. The van der Waals surface area contributed by atoms with Gasteiger partial charge in [-0.05, 0) is 19.1 Å². The SMILES string of the molecule is C=CCn1c(C)nnc1SCc1nc(-c2cccc(OC)c2)no1. The van der Waals surface area contributed by atoms with Crippen molar-refractivity contribution in [3.05, 3.63) is 48.6 Å². The molecule has 0 spiro atoms. The smallest absolute Gasteiger partial charge is 0.237 e. The van der Waals surface area contributed by atoms with Gasteiger partial charge in [-0.2, -0.15) is 4.98 Å². The number of ether oxygens (including phenoxy) is 1. The number of allylic oxidation sites excluding steroid dienone is 1. The molecule has 0 saturated heterocycles. The van der Waals surface area contributed by atoms with Gasteiger partial charge in [-0.1, -0.05) is 35.1 Å². The zero-order chi connectivity index (χ0) is 16.9. The van der Waals surface area contributed by atoms with Crippen molar-refractivity contribution in [2.24, 2.45) is 0 Å². The van der Waals surface area contributed by atoms with Crippen LogP contribution in [0.5, 0.6) is 5.75 Å². The van der Waals surface area contributed by atoms with Crippen molar-refractivity contribution in [2.75, 3.05) is 7.11 Å². The van der Waals surface area contributed by atoms with Crippen LogP contribution < -0.4 is 4.74 Å². The maximum atomic E-state index is 5.32. The zero-order valence-corrected chi connectivity index (χ0v) is 14.3. The van der Waals surface area contributed by atoms with Crippen molar-refractivity contribution in [2.45, 2.75) is 24.4 Å². The van der Waals surface area contributed by atoms with Crippen LogP contribution in [0, 0.1) is 6.92 Å². The van der Waals surface area contributed by atoms with Gasteiger partial charge in [0.25, 0.3) is 0 Å². The van der Waals surface area contributed by atoms with Gasteiger partial charge >= 0.3 is 0 Å². The predicted molar refractivity (Wildman–Crippen MR) is 90.8 cm³/mol. The highest BCUT2D eigenvalue weighted by Gasteiger charge is 2.13. The Hall–Kier alpha value is -2.61. The molecular weight excluding hydrogens is 326 g/mol. The fourth-order valence-corrected chi connectivity index (χ4v) is 2.96. The third kappa shape index (κ3) is 3.48. The van der Waals surface area contributed by atoms with E-state index >= 15 is 0 Å². The third-order valence-corrected chi connectivity index (χ3v) is 4.29. The van der Waals surface area contributed by atoms with E-state index in [0.717, 1.165) is 22.3 Å². The lowest BCUT2D eigenvalue weighted by molar-refractivity contribution is 0.391. The zero-order valence-electron chi connectivity index (χ0n) is 13.5. The molecular formula is C16H17N5O2S. The van der Waals surface area contributed by atoms with Gasteiger partial charge in [0.1, 0.15) is 11.6 Å². The molecule has 3 aromatic rings. The Labute approximate surface area is 143 Å². The van der Waals surface area contributed by atoms with Gasteiger partial charge < -0.3 is 13.8 Å². The summed E-state index contributed by atoms with van der Waals surface area (Å²) in [6.45, 7) is 6.33. The Morgan fingerprint density at radius 1 is 1.38 bits per heavy atom. The van der Waals surface area contributed by atoms with Crippen molar-refractivity contribution in [1.29, 1.82) is 0 Å². The highest BCUT2D eigenvalue weighted by molar-refractivity contribution is 7.98. The average Bonchev–Trinajstić information content (AvgIpc) is 3.21. The van der Waals surface area contributed by atoms with E-state index in [2.05, 4.69) is 26.9 Å². The molecule has 8 heteroatoms. The van der Waals surface area contributed by atoms with Gasteiger partial charge in [-0.25, -0.2) is 0 Å². The Kier molecular flexibility index (Phi) is 4.95. The number of thioether (sulfide) groups is 1. The molecule has 0 unspecified atom stereocenters. The van der Waals surface area contributed by atoms with Crippen molar-refractivity contribution in [3.8, 4) is 17.1 Å². The van der Waals surface area contributed by atoms with Crippen LogP contribution in [0.3, 0.4) is 0 Å². The third-order valence-electron chi connectivity index (χ3n) is 3.33. The molecule has 2 heterocycles. The number of rotatable bonds is 7. The molecule has 0 amide bonds. The molecule has 2 aromatic heterocycles. The van der Waals surface area contributed by atoms with Gasteiger partial charge in [0.05, 0.1) is 12.9 Å². The number of benzene rings is 1. The summed E-state index contributed by atoms with van der Waals surface area (Å²) in [4.78, 5) is 4.42. The minimum absolute atomic E-state index is 0.520. The number of hydrogen-bond donors (Lipinski definition) is 0. The van der Waals surface area contributed by atoms with Crippen molar-refractivity contribution in [1.82, 2.24) is 24.9 Å². The molecule has 0 atom stereocenters. The topological polar surface area (TPSA) is 78.9 Å². The van der Waals surface area contributed by atoms with Crippen LogP contribution in [0.15, 0.2) is 46.6 Å². The molecule has 0 N–H and O–H groups in total. The van der Waals surface area contributed by atoms with Gasteiger partial charge in [0.2, 0.25) is 11.7 Å². The lowest BCUT2D eigenvalue weighted by Gasteiger charge is -2.03. The summed E-state index contributed by atoms with van der Waals surface area (Å²) in [6, 6.07) is 7.54. The second-order valence-electron chi connectivity index (χ2n) is 4.96. The molecule has 7 nitrogen and oxygen atoms in total. The fraction of sp³-hybridized carbons (Fsp3) is 0.250. The molecule has 0 bridgehead atoms. The van der Waals surface area contributed by atoms with Crippen molar-refractivity contribution < 1.29 is 9.26 Å². The molecule has 3 rings (SSSR count). The van der Waals surface area contributed by atoms with Gasteiger partial charge in [-0.15, -0.1) is 16.8 Å². The summed E-state index contributed by atoms with van der Waals surface area (Å²) in [7, 11) is 1.62. The van der Waals surface area contributed by atoms with E-state index in [-0.39, 0.29) is 0 Å². The van der Waals surface area contributed by atoms with E-state index in [9.17, 15) is 0 Å². The number of nitrogens with zero attached hydrogens (tertiary/aromatic N) is 5. The summed E-state index contributed by atoms with van der Waals surface area (Å²) in [5.41, 5.74) is 0.847. The molecule has 124 valence electrons. The van der Waals surface area contributed by atoms with Crippen LogP contribution in [0.25, 0.3) is 11.4 Å². The van der Waals surface area contributed by atoms with Crippen LogP contribution in [-0.2, 0) is 12.3 Å². The van der Waals surface area contributed by atoms with E-state index in [0.29, 0.717) is 24.0 Å². The largest absolute Gasteiger partial charge is 0.497 e. The molecule has 0 aliphatic heterocycles. The standard InChI is InChI=1S/C16H17N5O2S/c1-4-8-21-11(2)18-19-16(21)24-10-14-17-15(20-23-14)12-6-5-7-13(9-12)22-3/h4-7,9H,1,8,10H2,2-3H3. The van der Waals surface area contributed by atoms with Crippen LogP contribution in [0.1, 0.15) is 11.7 Å². The summed E-state index contributed by atoms with van der Waals surface area (Å²) < 4.78 is 12.5. The Balaban J connectivity index is 1.71. The Bertz CT molecular complexity index is 843. The van der Waals surface area contributed by atoms with E-state index < -0.39 is 0 Å². The lowest BCUT2D eigenvalue weighted by atomic mass is 10.2. The van der Waals surface area contributed by atoms with Crippen LogP contribution in [0.2, 0.25) is 0 Å². The number of aryl methyl sites for hydroxylation is 1. The van der Waals surface area contributed by atoms with Gasteiger partial charge in [0, 0.05) is 12.1 Å². The summed E-state index contributed by atoms with van der Waals surface area (Å²) in [5.74, 6) is 3.18. The normalized spacial score (nSPS) is 10.8. The predicted octanol–water partition coefficient (Wildman–Crippen LogP) is 3.12. The number of hydrogen-bond acceptors (Lipinski definition) is 7. The van der Waals surface area contributed by atoms with E-state index in [1.807, 2.05) is 41.8 Å². The minimum Gasteiger partial charge on any atom is -0.497 e. The summed E-state index contributed by atoms with van der Waals surface area (Å²) in [5, 5.41) is 13.1. The quantitative estimate of drug-likeness (QED) is 0.482. The number of methoxy groups -OCH3 is 1. The minimum atomic E-state index is 0.520. The average molecular weight is 343 g/mol. The van der Waals surface area contributed by atoms with Crippen molar-refractivity contribution in [3.63, 3.8) is 0 Å². The second-order valence-corrected chi connectivity index (χ2v) is 5.90.